The predicted molar refractivity (Wildman–Crippen MR) is 114 cm³/mol. The number of hydrogen-bond acceptors (Lipinski definition) is 6. The van der Waals surface area contributed by atoms with Crippen LogP contribution in [0.1, 0.15) is 16.1 Å². The van der Waals surface area contributed by atoms with Crippen molar-refractivity contribution in [2.24, 2.45) is 0 Å². The van der Waals surface area contributed by atoms with Crippen molar-refractivity contribution in [1.82, 2.24) is 14.9 Å². The van der Waals surface area contributed by atoms with Gasteiger partial charge in [-0.25, -0.2) is 9.97 Å². The van der Waals surface area contributed by atoms with Gasteiger partial charge in [-0.15, -0.1) is 0 Å². The van der Waals surface area contributed by atoms with Crippen LogP contribution in [-0.2, 0) is 6.61 Å². The second kappa shape index (κ2) is 10.2. The Labute approximate surface area is 170 Å². The van der Waals surface area contributed by atoms with Crippen molar-refractivity contribution in [3.63, 3.8) is 0 Å². The fourth-order valence-corrected chi connectivity index (χ4v) is 2.51. The van der Waals surface area contributed by atoms with Gasteiger partial charge in [0.2, 0.25) is 0 Å². The van der Waals surface area contributed by atoms with E-state index in [0.717, 1.165) is 24.4 Å². The maximum absolute atomic E-state index is 12.4. The summed E-state index contributed by atoms with van der Waals surface area (Å²) in [5, 5.41) is 5.97. The third-order valence-electron chi connectivity index (χ3n) is 4.11. The van der Waals surface area contributed by atoms with Gasteiger partial charge < -0.3 is 20.3 Å². The van der Waals surface area contributed by atoms with E-state index in [0.29, 0.717) is 18.1 Å². The Morgan fingerprint density at radius 1 is 1.00 bits per heavy atom. The summed E-state index contributed by atoms with van der Waals surface area (Å²) in [6, 6.07) is 17.2. The molecule has 1 heterocycles. The van der Waals surface area contributed by atoms with Gasteiger partial charge >= 0.3 is 0 Å². The van der Waals surface area contributed by atoms with Crippen molar-refractivity contribution in [1.29, 1.82) is 0 Å². The third-order valence-corrected chi connectivity index (χ3v) is 4.11. The first-order valence-corrected chi connectivity index (χ1v) is 9.39. The predicted octanol–water partition coefficient (Wildman–Crippen LogP) is 3.28. The van der Waals surface area contributed by atoms with Crippen LogP contribution in [0.4, 0.5) is 11.5 Å². The molecule has 1 aromatic heterocycles. The van der Waals surface area contributed by atoms with Crippen LogP contribution in [0.3, 0.4) is 0 Å². The van der Waals surface area contributed by atoms with E-state index < -0.39 is 0 Å². The number of rotatable bonds is 9. The molecule has 0 bridgehead atoms. The Balaban J connectivity index is 1.49. The highest BCUT2D eigenvalue weighted by Gasteiger charge is 2.09. The number of carbonyl (C=O) groups is 1. The van der Waals surface area contributed by atoms with Crippen molar-refractivity contribution in [3.05, 3.63) is 78.2 Å². The van der Waals surface area contributed by atoms with Gasteiger partial charge in [0.1, 0.15) is 23.9 Å². The second-order valence-electron chi connectivity index (χ2n) is 6.77. The van der Waals surface area contributed by atoms with E-state index in [9.17, 15) is 4.79 Å². The molecule has 7 nitrogen and oxygen atoms in total. The molecule has 0 saturated heterocycles. The van der Waals surface area contributed by atoms with Crippen molar-refractivity contribution in [3.8, 4) is 5.75 Å². The summed E-state index contributed by atoms with van der Waals surface area (Å²) in [7, 11) is 4.01. The lowest BCUT2D eigenvalue weighted by molar-refractivity contribution is 0.102. The molecule has 0 saturated carbocycles. The highest BCUT2D eigenvalue weighted by Crippen LogP contribution is 2.17. The Bertz CT molecular complexity index is 897. The molecular formula is C22H25N5O2. The molecule has 7 heteroatoms. The third kappa shape index (κ3) is 6.58. The minimum atomic E-state index is -0.310. The van der Waals surface area contributed by atoms with Crippen molar-refractivity contribution < 1.29 is 9.53 Å². The normalized spacial score (nSPS) is 10.6. The van der Waals surface area contributed by atoms with Gasteiger partial charge in [0.05, 0.1) is 12.4 Å². The molecule has 0 spiro atoms. The molecule has 29 heavy (non-hydrogen) atoms. The van der Waals surface area contributed by atoms with E-state index in [1.165, 1.54) is 6.20 Å². The fourth-order valence-electron chi connectivity index (χ4n) is 2.51. The monoisotopic (exact) mass is 391 g/mol. The summed E-state index contributed by atoms with van der Waals surface area (Å²) < 4.78 is 5.75. The topological polar surface area (TPSA) is 79.4 Å². The average Bonchev–Trinajstić information content (AvgIpc) is 2.74. The number of amides is 1. The van der Waals surface area contributed by atoms with Crippen molar-refractivity contribution in [2.45, 2.75) is 6.61 Å². The number of nitrogens with one attached hydrogen (secondary N) is 2. The maximum Gasteiger partial charge on any atom is 0.275 e. The Kier molecular flexibility index (Phi) is 7.13. The first kappa shape index (κ1) is 20.3. The summed E-state index contributed by atoms with van der Waals surface area (Å²) >= 11 is 0. The van der Waals surface area contributed by atoms with E-state index in [1.807, 2.05) is 56.6 Å². The summed E-state index contributed by atoms with van der Waals surface area (Å²) in [6.07, 6.45) is 3.02. The molecule has 2 N–H and O–H groups in total. The molecule has 3 rings (SSSR count). The van der Waals surface area contributed by atoms with Crippen molar-refractivity contribution >= 4 is 17.4 Å². The number of likely N-dealkylation sites (N-methyl/N-ethyl adjacent to an activating group) is 1. The molecule has 1 amide bonds. The van der Waals surface area contributed by atoms with Gasteiger partial charge in [0.15, 0.2) is 0 Å². The van der Waals surface area contributed by atoms with Gasteiger partial charge in [0.25, 0.3) is 5.91 Å². The summed E-state index contributed by atoms with van der Waals surface area (Å²) in [4.78, 5) is 22.8. The van der Waals surface area contributed by atoms with Crippen LogP contribution in [-0.4, -0.2) is 48.0 Å². The number of nitrogens with zero attached hydrogens (tertiary/aromatic N) is 3. The van der Waals surface area contributed by atoms with Crippen LogP contribution < -0.4 is 15.4 Å². The molecule has 0 atom stereocenters. The molecule has 0 aliphatic heterocycles. The quantitative estimate of drug-likeness (QED) is 0.583. The van der Waals surface area contributed by atoms with Gasteiger partial charge in [0, 0.05) is 18.8 Å². The number of anilines is 2. The summed E-state index contributed by atoms with van der Waals surface area (Å²) in [5.41, 5.74) is 2.02. The highest BCUT2D eigenvalue weighted by molar-refractivity contribution is 6.02. The zero-order valence-corrected chi connectivity index (χ0v) is 16.6. The number of benzene rings is 2. The van der Waals surface area contributed by atoms with Crippen LogP contribution in [0.25, 0.3) is 0 Å². The van der Waals surface area contributed by atoms with E-state index in [-0.39, 0.29) is 11.6 Å². The SMILES string of the molecule is CN(C)CCNc1cnc(C(=O)Nc2ccc(OCc3ccccc3)cc2)cn1. The van der Waals surface area contributed by atoms with Gasteiger partial charge in [-0.3, -0.25) is 4.79 Å². The standard InChI is InChI=1S/C22H25N5O2/c1-27(2)13-12-23-21-15-24-20(14-25-21)22(28)26-18-8-10-19(11-9-18)29-16-17-6-4-3-5-7-17/h3-11,14-15H,12-13,16H2,1-2H3,(H,23,25)(H,26,28). The molecule has 0 aliphatic carbocycles. The molecule has 2 aromatic carbocycles. The van der Waals surface area contributed by atoms with Crippen LogP contribution in [0, 0.1) is 0 Å². The largest absolute Gasteiger partial charge is 0.489 e. The van der Waals surface area contributed by atoms with Crippen molar-refractivity contribution in [2.75, 3.05) is 37.8 Å². The zero-order valence-electron chi connectivity index (χ0n) is 16.6. The van der Waals surface area contributed by atoms with E-state index in [4.69, 9.17) is 4.74 Å². The molecular weight excluding hydrogens is 366 g/mol. The van der Waals surface area contributed by atoms with Crippen LogP contribution in [0.15, 0.2) is 67.0 Å². The van der Waals surface area contributed by atoms with Gasteiger partial charge in [-0.2, -0.15) is 0 Å². The average molecular weight is 391 g/mol. The number of carbonyl (C=O) groups excluding carboxylic acids is 1. The number of aromatic nitrogens is 2. The maximum atomic E-state index is 12.4. The Morgan fingerprint density at radius 2 is 1.76 bits per heavy atom. The lowest BCUT2D eigenvalue weighted by Gasteiger charge is -2.11. The zero-order chi connectivity index (χ0) is 20.5. The van der Waals surface area contributed by atoms with Crippen LogP contribution >= 0.6 is 0 Å². The fraction of sp³-hybridized carbons (Fsp3) is 0.227. The molecule has 150 valence electrons. The minimum Gasteiger partial charge on any atom is -0.489 e. The highest BCUT2D eigenvalue weighted by atomic mass is 16.5. The first-order chi connectivity index (χ1) is 14.1. The minimum absolute atomic E-state index is 0.257. The Morgan fingerprint density at radius 3 is 2.41 bits per heavy atom. The first-order valence-electron chi connectivity index (χ1n) is 9.39. The second-order valence-corrected chi connectivity index (χ2v) is 6.77. The molecule has 0 radical (unpaired) electrons. The smallest absolute Gasteiger partial charge is 0.275 e. The molecule has 3 aromatic rings. The Hall–Kier alpha value is -3.45. The van der Waals surface area contributed by atoms with E-state index in [1.54, 1.807) is 18.3 Å². The van der Waals surface area contributed by atoms with E-state index >= 15 is 0 Å². The number of ether oxygens (including phenoxy) is 1. The lowest BCUT2D eigenvalue weighted by Crippen LogP contribution is -2.21. The lowest BCUT2D eigenvalue weighted by atomic mass is 10.2. The summed E-state index contributed by atoms with van der Waals surface area (Å²) in [6.45, 7) is 2.14. The van der Waals surface area contributed by atoms with Crippen LogP contribution in [0.5, 0.6) is 5.75 Å². The van der Waals surface area contributed by atoms with Crippen LogP contribution in [0.2, 0.25) is 0 Å². The van der Waals surface area contributed by atoms with E-state index in [2.05, 4.69) is 25.5 Å². The molecule has 0 aliphatic rings. The number of hydrogen-bond donors (Lipinski definition) is 2. The molecule has 0 fully saturated rings. The van der Waals surface area contributed by atoms with Gasteiger partial charge in [-0.1, -0.05) is 30.3 Å². The summed E-state index contributed by atoms with van der Waals surface area (Å²) in [5.74, 6) is 1.07. The van der Waals surface area contributed by atoms with Gasteiger partial charge in [-0.05, 0) is 43.9 Å². The molecule has 0 unspecified atom stereocenters.